The largest absolute Gasteiger partial charge is 0.491 e. The van der Waals surface area contributed by atoms with Gasteiger partial charge >= 0.3 is 0 Å². The molecule has 4 nitrogen and oxygen atoms in total. The Morgan fingerprint density at radius 3 is 2.14 bits per heavy atom. The standard InChI is InChI=1S/C22H31O4S2/c1-2-23-9-10-24-11-12-25-13-14-26-21-7-8-22(28-17-15-27-16-18-28)20-6-4-3-5-19(20)21/h3-8H,2,9-18H2,1H3/q+1. The molecule has 0 saturated carbocycles. The molecule has 2 aromatic carbocycles. The highest BCUT2D eigenvalue weighted by molar-refractivity contribution is 8.05. The summed E-state index contributed by atoms with van der Waals surface area (Å²) in [5.74, 6) is 6.11. The summed E-state index contributed by atoms with van der Waals surface area (Å²) in [7, 11) is 0.371. The summed E-state index contributed by atoms with van der Waals surface area (Å²) in [6.45, 7) is 6.25. The normalized spacial score (nSPS) is 15.2. The van der Waals surface area contributed by atoms with Crippen LogP contribution in [0.2, 0.25) is 0 Å². The van der Waals surface area contributed by atoms with Gasteiger partial charge in [0.1, 0.15) is 23.9 Å². The van der Waals surface area contributed by atoms with Gasteiger partial charge in [0, 0.05) is 39.8 Å². The van der Waals surface area contributed by atoms with E-state index in [9.17, 15) is 0 Å². The topological polar surface area (TPSA) is 36.9 Å². The van der Waals surface area contributed by atoms with Gasteiger partial charge in [-0.15, -0.1) is 0 Å². The van der Waals surface area contributed by atoms with Gasteiger partial charge in [-0.25, -0.2) is 0 Å². The van der Waals surface area contributed by atoms with E-state index >= 15 is 0 Å². The molecule has 0 spiro atoms. The quantitative estimate of drug-likeness (QED) is 0.381. The number of hydrogen-bond acceptors (Lipinski definition) is 5. The molecule has 6 heteroatoms. The van der Waals surface area contributed by atoms with E-state index in [0.717, 1.165) is 12.4 Å². The lowest BCUT2D eigenvalue weighted by Crippen LogP contribution is -2.21. The molecular formula is C22H31O4S2+. The van der Waals surface area contributed by atoms with E-state index in [1.54, 1.807) is 0 Å². The van der Waals surface area contributed by atoms with Crippen molar-refractivity contribution in [3.8, 4) is 5.75 Å². The molecule has 0 atom stereocenters. The van der Waals surface area contributed by atoms with Crippen molar-refractivity contribution < 1.29 is 18.9 Å². The number of benzene rings is 2. The molecule has 1 fully saturated rings. The van der Waals surface area contributed by atoms with Crippen LogP contribution in [0.1, 0.15) is 6.92 Å². The highest BCUT2D eigenvalue weighted by atomic mass is 32.2. The average molecular weight is 424 g/mol. The van der Waals surface area contributed by atoms with E-state index in [0.29, 0.717) is 50.5 Å². The Morgan fingerprint density at radius 2 is 1.43 bits per heavy atom. The van der Waals surface area contributed by atoms with Crippen LogP contribution in [-0.4, -0.2) is 69.3 Å². The van der Waals surface area contributed by atoms with Crippen molar-refractivity contribution in [1.29, 1.82) is 0 Å². The second kappa shape index (κ2) is 12.6. The van der Waals surface area contributed by atoms with Gasteiger partial charge in [-0.3, -0.25) is 0 Å². The molecule has 28 heavy (non-hydrogen) atoms. The van der Waals surface area contributed by atoms with Gasteiger partial charge in [0.2, 0.25) is 0 Å². The third-order valence-corrected chi connectivity index (χ3v) is 8.41. The van der Waals surface area contributed by atoms with Crippen molar-refractivity contribution in [2.24, 2.45) is 0 Å². The number of rotatable bonds is 12. The van der Waals surface area contributed by atoms with E-state index in [2.05, 4.69) is 48.2 Å². The molecule has 0 aliphatic carbocycles. The Labute approximate surface area is 175 Å². The Morgan fingerprint density at radius 1 is 0.786 bits per heavy atom. The Balaban J connectivity index is 1.46. The Hall–Kier alpha value is -0.920. The van der Waals surface area contributed by atoms with Gasteiger partial charge in [-0.05, 0) is 25.1 Å². The minimum atomic E-state index is 0.371. The molecule has 0 N–H and O–H groups in total. The first kappa shape index (κ1) is 21.8. The van der Waals surface area contributed by atoms with E-state index in [1.165, 1.54) is 38.7 Å². The zero-order chi connectivity index (χ0) is 19.4. The lowest BCUT2D eigenvalue weighted by Gasteiger charge is -2.16. The van der Waals surface area contributed by atoms with Crippen LogP contribution in [0.5, 0.6) is 5.75 Å². The molecule has 154 valence electrons. The maximum absolute atomic E-state index is 6.03. The molecule has 2 aromatic rings. The summed E-state index contributed by atoms with van der Waals surface area (Å²) in [4.78, 5) is 1.50. The zero-order valence-electron chi connectivity index (χ0n) is 16.7. The molecule has 1 saturated heterocycles. The molecule has 1 heterocycles. The van der Waals surface area contributed by atoms with Crippen LogP contribution in [-0.2, 0) is 25.1 Å². The maximum Gasteiger partial charge on any atom is 0.163 e. The molecule has 0 aromatic heterocycles. The second-order valence-electron chi connectivity index (χ2n) is 6.39. The molecule has 1 aliphatic rings. The monoisotopic (exact) mass is 423 g/mol. The van der Waals surface area contributed by atoms with Crippen molar-refractivity contribution >= 4 is 33.4 Å². The lowest BCUT2D eigenvalue weighted by molar-refractivity contribution is 0.0115. The molecule has 3 rings (SSSR count). The zero-order valence-corrected chi connectivity index (χ0v) is 18.3. The van der Waals surface area contributed by atoms with Gasteiger partial charge in [-0.2, -0.15) is 11.8 Å². The van der Waals surface area contributed by atoms with Crippen LogP contribution in [0.25, 0.3) is 10.8 Å². The SMILES string of the molecule is CCOCCOCCOCCOc1ccc([S+]2CCSCC2)c2ccccc12. The van der Waals surface area contributed by atoms with Crippen LogP contribution in [0.3, 0.4) is 0 Å². The molecular weight excluding hydrogens is 392 g/mol. The second-order valence-corrected chi connectivity index (χ2v) is 9.86. The van der Waals surface area contributed by atoms with Crippen LogP contribution in [0.15, 0.2) is 41.3 Å². The summed E-state index contributed by atoms with van der Waals surface area (Å²) >= 11 is 2.08. The van der Waals surface area contributed by atoms with Crippen molar-refractivity contribution in [3.05, 3.63) is 36.4 Å². The van der Waals surface area contributed by atoms with Crippen LogP contribution in [0.4, 0.5) is 0 Å². The first-order chi connectivity index (χ1) is 13.9. The predicted molar refractivity (Wildman–Crippen MR) is 120 cm³/mol. The number of fused-ring (bicyclic) bond motifs is 1. The van der Waals surface area contributed by atoms with E-state index in [4.69, 9.17) is 18.9 Å². The first-order valence-corrected chi connectivity index (χ1v) is 12.7. The van der Waals surface area contributed by atoms with E-state index in [-0.39, 0.29) is 0 Å². The number of hydrogen-bond donors (Lipinski definition) is 0. The van der Waals surface area contributed by atoms with Crippen LogP contribution in [0, 0.1) is 0 Å². The van der Waals surface area contributed by atoms with Crippen molar-refractivity contribution in [1.82, 2.24) is 0 Å². The van der Waals surface area contributed by atoms with Gasteiger partial charge in [0.25, 0.3) is 0 Å². The molecule has 1 aliphatic heterocycles. The third kappa shape index (κ3) is 6.56. The smallest absolute Gasteiger partial charge is 0.163 e. The van der Waals surface area contributed by atoms with Crippen LogP contribution < -0.4 is 4.74 Å². The highest BCUT2D eigenvalue weighted by Crippen LogP contribution is 2.34. The van der Waals surface area contributed by atoms with Gasteiger partial charge in [0.05, 0.1) is 33.0 Å². The first-order valence-electron chi connectivity index (χ1n) is 10.0. The van der Waals surface area contributed by atoms with Crippen molar-refractivity contribution in [2.45, 2.75) is 11.8 Å². The molecule has 0 radical (unpaired) electrons. The number of ether oxygens (including phenoxy) is 4. The highest BCUT2D eigenvalue weighted by Gasteiger charge is 2.27. The minimum absolute atomic E-state index is 0.371. The fourth-order valence-corrected chi connectivity index (χ4v) is 7.31. The maximum atomic E-state index is 6.03. The summed E-state index contributed by atoms with van der Waals surface area (Å²) in [5.41, 5.74) is 0. The fourth-order valence-electron chi connectivity index (χ4n) is 3.16. The Bertz CT molecular complexity index is 704. The van der Waals surface area contributed by atoms with Crippen LogP contribution >= 0.6 is 11.8 Å². The summed E-state index contributed by atoms with van der Waals surface area (Å²) in [6.07, 6.45) is 0. The average Bonchev–Trinajstić information content (AvgIpc) is 2.75. The van der Waals surface area contributed by atoms with Gasteiger partial charge < -0.3 is 18.9 Å². The molecule has 0 bridgehead atoms. The third-order valence-electron chi connectivity index (χ3n) is 4.54. The summed E-state index contributed by atoms with van der Waals surface area (Å²) in [6, 6.07) is 13.1. The summed E-state index contributed by atoms with van der Waals surface area (Å²) < 4.78 is 22.3. The van der Waals surface area contributed by atoms with E-state index in [1.807, 2.05) is 6.92 Å². The fraction of sp³-hybridized carbons (Fsp3) is 0.545. The van der Waals surface area contributed by atoms with E-state index < -0.39 is 0 Å². The molecule has 0 unspecified atom stereocenters. The summed E-state index contributed by atoms with van der Waals surface area (Å²) in [5, 5.41) is 2.56. The number of thioether (sulfide) groups is 1. The Kier molecular flexibility index (Phi) is 9.80. The minimum Gasteiger partial charge on any atom is -0.491 e. The van der Waals surface area contributed by atoms with Gasteiger partial charge in [0.15, 0.2) is 4.90 Å². The van der Waals surface area contributed by atoms with Crippen molar-refractivity contribution in [3.63, 3.8) is 0 Å². The van der Waals surface area contributed by atoms with Crippen molar-refractivity contribution in [2.75, 3.05) is 69.3 Å². The molecule has 0 amide bonds. The predicted octanol–water partition coefficient (Wildman–Crippen LogP) is 4.01. The lowest BCUT2D eigenvalue weighted by atomic mass is 10.1. The van der Waals surface area contributed by atoms with Gasteiger partial charge in [-0.1, -0.05) is 18.2 Å².